The van der Waals surface area contributed by atoms with E-state index in [-0.39, 0.29) is 29.5 Å². The molecule has 1 aliphatic rings. The monoisotopic (exact) mass is 470 g/mol. The molecule has 2 aromatic rings. The number of alkyl halides is 3. The Labute approximate surface area is 185 Å². The van der Waals surface area contributed by atoms with E-state index in [0.29, 0.717) is 25.1 Å². The van der Waals surface area contributed by atoms with Crippen LogP contribution in [-0.2, 0) is 20.8 Å². The second kappa shape index (κ2) is 9.81. The molecule has 0 aliphatic carbocycles. The normalized spacial score (nSPS) is 17.7. The van der Waals surface area contributed by atoms with Crippen molar-refractivity contribution >= 4 is 27.1 Å². The average molecular weight is 471 g/mol. The number of amides is 1. The van der Waals surface area contributed by atoms with Crippen LogP contribution < -0.4 is 15.0 Å². The van der Waals surface area contributed by atoms with Gasteiger partial charge in [0.1, 0.15) is 5.75 Å². The molecule has 1 atom stereocenters. The van der Waals surface area contributed by atoms with Crippen molar-refractivity contribution in [1.82, 2.24) is 0 Å². The highest BCUT2D eigenvalue weighted by atomic mass is 32.2. The van der Waals surface area contributed by atoms with Crippen LogP contribution in [0.4, 0.5) is 24.5 Å². The van der Waals surface area contributed by atoms with E-state index in [1.165, 1.54) is 11.0 Å². The van der Waals surface area contributed by atoms with Crippen LogP contribution in [0.1, 0.15) is 25.3 Å². The zero-order valence-electron chi connectivity index (χ0n) is 17.6. The number of ether oxygens (including phenoxy) is 1. The van der Waals surface area contributed by atoms with Crippen LogP contribution in [0.3, 0.4) is 0 Å². The minimum atomic E-state index is -4.54. The minimum absolute atomic E-state index is 0.00958. The maximum Gasteiger partial charge on any atom is 0.416 e. The van der Waals surface area contributed by atoms with Crippen molar-refractivity contribution in [2.24, 2.45) is 0 Å². The molecule has 32 heavy (non-hydrogen) atoms. The van der Waals surface area contributed by atoms with Gasteiger partial charge < -0.3 is 15.0 Å². The number of nitrogens with zero attached hydrogens (tertiary/aromatic N) is 1. The smallest absolute Gasteiger partial charge is 0.416 e. The second-order valence-electron chi connectivity index (χ2n) is 7.57. The molecule has 6 nitrogen and oxygen atoms in total. The first-order valence-corrected chi connectivity index (χ1v) is 12.1. The van der Waals surface area contributed by atoms with Crippen molar-refractivity contribution in [3.63, 3.8) is 0 Å². The van der Waals surface area contributed by atoms with E-state index in [4.69, 9.17) is 4.74 Å². The van der Waals surface area contributed by atoms with Crippen molar-refractivity contribution in [1.29, 1.82) is 0 Å². The Morgan fingerprint density at radius 2 is 1.91 bits per heavy atom. The lowest BCUT2D eigenvalue weighted by molar-refractivity contribution is -0.137. The van der Waals surface area contributed by atoms with Crippen LogP contribution in [0.15, 0.2) is 48.5 Å². The number of halogens is 3. The van der Waals surface area contributed by atoms with Gasteiger partial charge in [0.05, 0.1) is 42.0 Å². The minimum Gasteiger partial charge on any atom is -0.491 e. The largest absolute Gasteiger partial charge is 0.491 e. The van der Waals surface area contributed by atoms with Crippen molar-refractivity contribution in [3.05, 3.63) is 54.1 Å². The van der Waals surface area contributed by atoms with Gasteiger partial charge in [0.15, 0.2) is 9.84 Å². The summed E-state index contributed by atoms with van der Waals surface area (Å²) in [6.07, 6.45) is -3.58. The van der Waals surface area contributed by atoms with E-state index in [1.807, 2.05) is 6.92 Å². The Kier molecular flexibility index (Phi) is 7.33. The molecule has 1 aliphatic heterocycles. The maximum absolute atomic E-state index is 13.2. The van der Waals surface area contributed by atoms with E-state index < -0.39 is 33.5 Å². The molecular weight excluding hydrogens is 445 g/mol. The van der Waals surface area contributed by atoms with Gasteiger partial charge in [0.25, 0.3) is 0 Å². The van der Waals surface area contributed by atoms with Gasteiger partial charge in [-0.25, -0.2) is 8.42 Å². The third-order valence-electron chi connectivity index (χ3n) is 5.08. The van der Waals surface area contributed by atoms with Crippen molar-refractivity contribution in [2.75, 3.05) is 34.9 Å². The Bertz CT molecular complexity index is 1040. The van der Waals surface area contributed by atoms with Crippen molar-refractivity contribution in [3.8, 4) is 5.75 Å². The number of rotatable bonds is 8. The quantitative estimate of drug-likeness (QED) is 0.628. The van der Waals surface area contributed by atoms with E-state index in [1.54, 1.807) is 30.3 Å². The Hall–Kier alpha value is -2.75. The molecule has 1 N–H and O–H groups in total. The number of sulfone groups is 1. The number of nitrogens with one attached hydrogen (secondary N) is 1. The number of para-hydroxylation sites is 1. The number of carbonyl (C=O) groups is 1. The van der Waals surface area contributed by atoms with Gasteiger partial charge in [0.2, 0.25) is 5.91 Å². The maximum atomic E-state index is 13.2. The van der Waals surface area contributed by atoms with Gasteiger partial charge in [-0.1, -0.05) is 25.1 Å². The molecule has 1 heterocycles. The molecular formula is C22H25F3N2O4S. The summed E-state index contributed by atoms with van der Waals surface area (Å²) >= 11 is 0. The number of benzene rings is 2. The molecule has 0 aromatic heterocycles. The summed E-state index contributed by atoms with van der Waals surface area (Å²) in [5.74, 6) is -0.397. The first-order valence-electron chi connectivity index (χ1n) is 10.3. The highest BCUT2D eigenvalue weighted by Gasteiger charge is 2.36. The van der Waals surface area contributed by atoms with Crippen LogP contribution in [0.2, 0.25) is 0 Å². The first-order chi connectivity index (χ1) is 15.1. The summed E-state index contributed by atoms with van der Waals surface area (Å²) in [4.78, 5) is 14.5. The van der Waals surface area contributed by atoms with Gasteiger partial charge in [0, 0.05) is 5.69 Å². The summed E-state index contributed by atoms with van der Waals surface area (Å²) in [5.41, 5.74) is -0.278. The third-order valence-corrected chi connectivity index (χ3v) is 6.83. The fraction of sp³-hybridized carbons (Fsp3) is 0.409. The van der Waals surface area contributed by atoms with Crippen LogP contribution in [0.25, 0.3) is 0 Å². The summed E-state index contributed by atoms with van der Waals surface area (Å²) < 4.78 is 69.0. The fourth-order valence-corrected chi connectivity index (χ4v) is 5.26. The molecule has 0 bridgehead atoms. The molecule has 3 rings (SSSR count). The Morgan fingerprint density at radius 3 is 2.50 bits per heavy atom. The van der Waals surface area contributed by atoms with Crippen LogP contribution in [-0.4, -0.2) is 45.0 Å². The molecule has 10 heteroatoms. The van der Waals surface area contributed by atoms with Gasteiger partial charge in [-0.2, -0.15) is 13.2 Å². The zero-order chi connectivity index (χ0) is 23.4. The number of hydrogen-bond donors (Lipinski definition) is 1. The fourth-order valence-electron chi connectivity index (χ4n) is 3.56. The first kappa shape index (κ1) is 23.9. The molecule has 0 saturated carbocycles. The summed E-state index contributed by atoms with van der Waals surface area (Å²) in [6.45, 7) is 1.85. The predicted octanol–water partition coefficient (Wildman–Crippen LogP) is 4.13. The zero-order valence-corrected chi connectivity index (χ0v) is 18.4. The highest BCUT2D eigenvalue weighted by molar-refractivity contribution is 7.91. The van der Waals surface area contributed by atoms with Gasteiger partial charge >= 0.3 is 6.18 Å². The van der Waals surface area contributed by atoms with Gasteiger partial charge in [-0.05, 0) is 43.2 Å². The standard InChI is InChI=1S/C22H25F3N2O4S/c1-2-11-31-20-9-8-16(22(23,24)25)13-19(20)26-14-21(28)27(17-6-4-3-5-7-17)18-10-12-32(29,30)15-18/h3-9,13,18,26H,2,10-12,14-15H2,1H3. The number of anilines is 2. The molecule has 1 saturated heterocycles. The van der Waals surface area contributed by atoms with E-state index in [0.717, 1.165) is 12.1 Å². The summed E-state index contributed by atoms with van der Waals surface area (Å²) in [5, 5.41) is 2.76. The molecule has 0 radical (unpaired) electrons. The van der Waals surface area contributed by atoms with E-state index in [2.05, 4.69) is 5.32 Å². The van der Waals surface area contributed by atoms with Gasteiger partial charge in [-0.3, -0.25) is 4.79 Å². The second-order valence-corrected chi connectivity index (χ2v) is 9.80. The molecule has 1 fully saturated rings. The van der Waals surface area contributed by atoms with Gasteiger partial charge in [-0.15, -0.1) is 0 Å². The third kappa shape index (κ3) is 5.93. The van der Waals surface area contributed by atoms with Crippen LogP contribution in [0.5, 0.6) is 5.75 Å². The topological polar surface area (TPSA) is 75.7 Å². The molecule has 174 valence electrons. The average Bonchev–Trinajstić information content (AvgIpc) is 3.10. The van der Waals surface area contributed by atoms with E-state index >= 15 is 0 Å². The Morgan fingerprint density at radius 1 is 1.19 bits per heavy atom. The summed E-state index contributed by atoms with van der Waals surface area (Å²) in [7, 11) is -3.25. The molecule has 2 aromatic carbocycles. The van der Waals surface area contributed by atoms with E-state index in [9.17, 15) is 26.4 Å². The van der Waals surface area contributed by atoms with Crippen molar-refractivity contribution < 1.29 is 31.1 Å². The summed E-state index contributed by atoms with van der Waals surface area (Å²) in [6, 6.07) is 11.2. The lowest BCUT2D eigenvalue weighted by Crippen LogP contribution is -2.44. The number of hydrogen-bond acceptors (Lipinski definition) is 5. The van der Waals surface area contributed by atoms with Crippen LogP contribution in [0, 0.1) is 0 Å². The highest BCUT2D eigenvalue weighted by Crippen LogP contribution is 2.35. The molecule has 1 unspecified atom stereocenters. The number of carbonyl (C=O) groups excluding carboxylic acids is 1. The molecule has 1 amide bonds. The predicted molar refractivity (Wildman–Crippen MR) is 117 cm³/mol. The van der Waals surface area contributed by atoms with Crippen molar-refractivity contribution in [2.45, 2.75) is 32.0 Å². The van der Waals surface area contributed by atoms with Crippen LogP contribution >= 0.6 is 0 Å². The Balaban J connectivity index is 1.84. The SMILES string of the molecule is CCCOc1ccc(C(F)(F)F)cc1NCC(=O)N(c1ccccc1)C1CCS(=O)(=O)C1. The molecule has 0 spiro atoms. The lowest BCUT2D eigenvalue weighted by atomic mass is 10.1. The lowest BCUT2D eigenvalue weighted by Gasteiger charge is -2.29.